The van der Waals surface area contributed by atoms with E-state index in [1.54, 1.807) is 36.7 Å². The minimum Gasteiger partial charge on any atom is -0.491 e. The Morgan fingerprint density at radius 3 is 2.64 bits per heavy atom. The van der Waals surface area contributed by atoms with Crippen molar-refractivity contribution in [1.29, 1.82) is 0 Å². The standard InChI is InChI=1S/C20H20N2O3/c1-14(2)25-17-9-7-15(8-10-17)20(23)22-13-16-5-3-11-21-19(16)18-6-4-12-24-18/h3-12,14H,13H2,1-2H3,(H,22,23). The number of hydrogen-bond acceptors (Lipinski definition) is 4. The summed E-state index contributed by atoms with van der Waals surface area (Å²) in [6.45, 7) is 4.29. The van der Waals surface area contributed by atoms with Gasteiger partial charge in [0.15, 0.2) is 5.76 Å². The summed E-state index contributed by atoms with van der Waals surface area (Å²) >= 11 is 0. The van der Waals surface area contributed by atoms with Crippen LogP contribution in [-0.2, 0) is 6.54 Å². The summed E-state index contributed by atoms with van der Waals surface area (Å²) in [6, 6.07) is 14.5. The molecule has 128 valence electrons. The third kappa shape index (κ3) is 4.26. The summed E-state index contributed by atoms with van der Waals surface area (Å²) in [5.41, 5.74) is 2.21. The quantitative estimate of drug-likeness (QED) is 0.737. The van der Waals surface area contributed by atoms with Gasteiger partial charge in [-0.3, -0.25) is 9.78 Å². The lowest BCUT2D eigenvalue weighted by atomic mass is 10.1. The summed E-state index contributed by atoms with van der Waals surface area (Å²) in [6.07, 6.45) is 3.41. The second-order valence-electron chi connectivity index (χ2n) is 5.86. The van der Waals surface area contributed by atoms with Crippen LogP contribution in [0.2, 0.25) is 0 Å². The maximum atomic E-state index is 12.4. The molecular formula is C20H20N2O3. The van der Waals surface area contributed by atoms with Crippen molar-refractivity contribution in [2.24, 2.45) is 0 Å². The molecule has 3 rings (SSSR count). The van der Waals surface area contributed by atoms with E-state index < -0.39 is 0 Å². The third-order valence-electron chi connectivity index (χ3n) is 3.57. The average Bonchev–Trinajstić information content (AvgIpc) is 3.14. The van der Waals surface area contributed by atoms with Gasteiger partial charge in [-0.15, -0.1) is 0 Å². The smallest absolute Gasteiger partial charge is 0.251 e. The maximum Gasteiger partial charge on any atom is 0.251 e. The van der Waals surface area contributed by atoms with Gasteiger partial charge in [-0.05, 0) is 56.3 Å². The van der Waals surface area contributed by atoms with E-state index in [-0.39, 0.29) is 12.0 Å². The highest BCUT2D eigenvalue weighted by Gasteiger charge is 2.11. The van der Waals surface area contributed by atoms with Gasteiger partial charge in [-0.25, -0.2) is 0 Å². The van der Waals surface area contributed by atoms with Crippen LogP contribution in [0.5, 0.6) is 5.75 Å². The van der Waals surface area contributed by atoms with Crippen molar-refractivity contribution in [2.45, 2.75) is 26.5 Å². The Labute approximate surface area is 146 Å². The molecule has 0 unspecified atom stereocenters. The number of benzene rings is 1. The lowest BCUT2D eigenvalue weighted by molar-refractivity contribution is 0.0951. The van der Waals surface area contributed by atoms with Crippen molar-refractivity contribution in [1.82, 2.24) is 10.3 Å². The Bertz CT molecular complexity index is 824. The zero-order valence-electron chi connectivity index (χ0n) is 14.2. The van der Waals surface area contributed by atoms with Crippen LogP contribution < -0.4 is 10.1 Å². The largest absolute Gasteiger partial charge is 0.491 e. The van der Waals surface area contributed by atoms with Crippen LogP contribution in [0.15, 0.2) is 65.4 Å². The van der Waals surface area contributed by atoms with Gasteiger partial charge in [-0.1, -0.05) is 6.07 Å². The Kier molecular flexibility index (Phi) is 5.14. The van der Waals surface area contributed by atoms with Gasteiger partial charge in [0.05, 0.1) is 12.4 Å². The third-order valence-corrected chi connectivity index (χ3v) is 3.57. The molecule has 0 fully saturated rings. The fraction of sp³-hybridized carbons (Fsp3) is 0.200. The Balaban J connectivity index is 1.67. The fourth-order valence-corrected chi connectivity index (χ4v) is 2.45. The van der Waals surface area contributed by atoms with Crippen molar-refractivity contribution in [2.75, 3.05) is 0 Å². The number of ether oxygens (including phenoxy) is 1. The van der Waals surface area contributed by atoms with Gasteiger partial charge in [0.2, 0.25) is 0 Å². The van der Waals surface area contributed by atoms with Crippen molar-refractivity contribution in [3.63, 3.8) is 0 Å². The molecule has 0 radical (unpaired) electrons. The normalized spacial score (nSPS) is 10.7. The molecule has 0 saturated heterocycles. The van der Waals surface area contributed by atoms with Crippen LogP contribution in [0.25, 0.3) is 11.5 Å². The minimum absolute atomic E-state index is 0.102. The van der Waals surface area contributed by atoms with E-state index in [2.05, 4.69) is 10.3 Å². The van der Waals surface area contributed by atoms with Crippen LogP contribution in [0, 0.1) is 0 Å². The molecule has 25 heavy (non-hydrogen) atoms. The highest BCUT2D eigenvalue weighted by molar-refractivity contribution is 5.94. The molecular weight excluding hydrogens is 316 g/mol. The second-order valence-corrected chi connectivity index (χ2v) is 5.86. The number of amides is 1. The molecule has 0 aliphatic carbocycles. The van der Waals surface area contributed by atoms with E-state index in [9.17, 15) is 4.79 Å². The maximum absolute atomic E-state index is 12.4. The van der Waals surface area contributed by atoms with Gasteiger partial charge in [0.1, 0.15) is 11.4 Å². The molecule has 5 heteroatoms. The first-order valence-electron chi connectivity index (χ1n) is 8.16. The van der Waals surface area contributed by atoms with E-state index in [1.807, 2.05) is 38.1 Å². The summed E-state index contributed by atoms with van der Waals surface area (Å²) in [5, 5.41) is 2.92. The van der Waals surface area contributed by atoms with Crippen LogP contribution in [0.3, 0.4) is 0 Å². The Hall–Kier alpha value is -3.08. The van der Waals surface area contributed by atoms with Gasteiger partial charge >= 0.3 is 0 Å². The average molecular weight is 336 g/mol. The van der Waals surface area contributed by atoms with E-state index in [1.165, 1.54) is 0 Å². The highest BCUT2D eigenvalue weighted by Crippen LogP contribution is 2.21. The molecule has 0 spiro atoms. The first-order valence-corrected chi connectivity index (χ1v) is 8.16. The zero-order valence-corrected chi connectivity index (χ0v) is 14.2. The molecule has 1 aromatic carbocycles. The molecule has 0 aliphatic heterocycles. The predicted molar refractivity (Wildman–Crippen MR) is 95.3 cm³/mol. The predicted octanol–water partition coefficient (Wildman–Crippen LogP) is 4.06. The zero-order chi connectivity index (χ0) is 17.6. The molecule has 0 saturated carbocycles. The van der Waals surface area contributed by atoms with E-state index >= 15 is 0 Å². The van der Waals surface area contributed by atoms with E-state index in [0.29, 0.717) is 17.9 Å². The van der Waals surface area contributed by atoms with Crippen LogP contribution in [-0.4, -0.2) is 17.0 Å². The number of nitrogens with zero attached hydrogens (tertiary/aromatic N) is 1. The summed E-state index contributed by atoms with van der Waals surface area (Å²) in [4.78, 5) is 16.7. The van der Waals surface area contributed by atoms with Crippen molar-refractivity contribution >= 4 is 5.91 Å². The number of carbonyl (C=O) groups is 1. The molecule has 1 amide bonds. The van der Waals surface area contributed by atoms with E-state index in [4.69, 9.17) is 9.15 Å². The van der Waals surface area contributed by atoms with Crippen molar-refractivity contribution in [3.05, 3.63) is 72.1 Å². The van der Waals surface area contributed by atoms with Gasteiger partial charge < -0.3 is 14.5 Å². The number of aromatic nitrogens is 1. The molecule has 0 aliphatic rings. The lowest BCUT2D eigenvalue weighted by Crippen LogP contribution is -2.23. The number of furan rings is 1. The number of carbonyl (C=O) groups excluding carboxylic acids is 1. The Morgan fingerprint density at radius 2 is 1.96 bits per heavy atom. The minimum atomic E-state index is -0.148. The topological polar surface area (TPSA) is 64.4 Å². The van der Waals surface area contributed by atoms with Crippen molar-refractivity contribution < 1.29 is 13.9 Å². The lowest BCUT2D eigenvalue weighted by Gasteiger charge is -2.11. The Morgan fingerprint density at radius 1 is 1.16 bits per heavy atom. The monoisotopic (exact) mass is 336 g/mol. The molecule has 5 nitrogen and oxygen atoms in total. The van der Waals surface area contributed by atoms with Crippen LogP contribution in [0.4, 0.5) is 0 Å². The van der Waals surface area contributed by atoms with Gasteiger partial charge in [0, 0.05) is 23.9 Å². The summed E-state index contributed by atoms with van der Waals surface area (Å²) in [5.74, 6) is 1.28. The number of nitrogens with one attached hydrogen (secondary N) is 1. The summed E-state index contributed by atoms with van der Waals surface area (Å²) < 4.78 is 11.0. The molecule has 1 N–H and O–H groups in total. The highest BCUT2D eigenvalue weighted by atomic mass is 16.5. The SMILES string of the molecule is CC(C)Oc1ccc(C(=O)NCc2cccnc2-c2ccco2)cc1. The second kappa shape index (κ2) is 7.66. The molecule has 2 heterocycles. The van der Waals surface area contributed by atoms with Crippen molar-refractivity contribution in [3.8, 4) is 17.2 Å². The first kappa shape index (κ1) is 16.8. The van der Waals surface area contributed by atoms with Gasteiger partial charge in [0.25, 0.3) is 5.91 Å². The number of rotatable bonds is 6. The first-order chi connectivity index (χ1) is 12.1. The summed E-state index contributed by atoms with van der Waals surface area (Å²) in [7, 11) is 0. The molecule has 0 atom stereocenters. The fourth-order valence-electron chi connectivity index (χ4n) is 2.45. The van der Waals surface area contributed by atoms with Gasteiger partial charge in [-0.2, -0.15) is 0 Å². The van der Waals surface area contributed by atoms with Crippen LogP contribution >= 0.6 is 0 Å². The number of hydrogen-bond donors (Lipinski definition) is 1. The van der Waals surface area contributed by atoms with E-state index in [0.717, 1.165) is 17.0 Å². The molecule has 0 bridgehead atoms. The molecule has 3 aromatic rings. The number of pyridine rings is 1. The van der Waals surface area contributed by atoms with Crippen LogP contribution in [0.1, 0.15) is 29.8 Å². The molecule has 2 aromatic heterocycles.